The molecule has 4 rings (SSSR count). The SMILES string of the molecule is COc1ccc(OC)c(CNS(=O)(=O)c2cc(-c3cnn4c(C)cc(C)nc34)ccc2OC)c1. The minimum Gasteiger partial charge on any atom is -0.497 e. The molecule has 0 radical (unpaired) electrons. The number of nitrogens with zero attached hydrogens (tertiary/aromatic N) is 3. The first-order valence-electron chi connectivity index (χ1n) is 10.5. The van der Waals surface area contributed by atoms with Crippen LogP contribution in [0, 0.1) is 13.8 Å². The molecule has 0 unspecified atom stereocenters. The van der Waals surface area contributed by atoms with Crippen molar-refractivity contribution in [2.24, 2.45) is 0 Å². The second-order valence-electron chi connectivity index (χ2n) is 7.70. The third kappa shape index (κ3) is 4.42. The number of hydrogen-bond acceptors (Lipinski definition) is 7. The van der Waals surface area contributed by atoms with Gasteiger partial charge in [0.25, 0.3) is 0 Å². The second kappa shape index (κ2) is 9.32. The Kier molecular flexibility index (Phi) is 6.45. The minimum atomic E-state index is -3.95. The van der Waals surface area contributed by atoms with Gasteiger partial charge in [0, 0.05) is 29.1 Å². The predicted molar refractivity (Wildman–Crippen MR) is 128 cm³/mol. The van der Waals surface area contributed by atoms with Crippen molar-refractivity contribution in [2.75, 3.05) is 21.3 Å². The number of rotatable bonds is 8. The number of hydrogen-bond donors (Lipinski definition) is 1. The number of ether oxygens (including phenoxy) is 3. The van der Waals surface area contributed by atoms with Gasteiger partial charge in [0.15, 0.2) is 5.65 Å². The van der Waals surface area contributed by atoms with E-state index >= 15 is 0 Å². The van der Waals surface area contributed by atoms with Crippen LogP contribution in [0.3, 0.4) is 0 Å². The Morgan fingerprint density at radius 2 is 1.68 bits per heavy atom. The molecule has 0 fully saturated rings. The van der Waals surface area contributed by atoms with Crippen LogP contribution in [0.25, 0.3) is 16.8 Å². The molecule has 0 saturated heterocycles. The summed E-state index contributed by atoms with van der Waals surface area (Å²) in [5.74, 6) is 1.37. The van der Waals surface area contributed by atoms with Crippen molar-refractivity contribution in [1.82, 2.24) is 19.3 Å². The summed E-state index contributed by atoms with van der Waals surface area (Å²) < 4.78 is 47.0. The second-order valence-corrected chi connectivity index (χ2v) is 9.44. The molecule has 0 saturated carbocycles. The zero-order valence-corrected chi connectivity index (χ0v) is 20.4. The van der Waals surface area contributed by atoms with E-state index in [4.69, 9.17) is 14.2 Å². The average Bonchev–Trinajstić information content (AvgIpc) is 3.26. The van der Waals surface area contributed by atoms with Crippen molar-refractivity contribution < 1.29 is 22.6 Å². The molecule has 0 aliphatic rings. The summed E-state index contributed by atoms with van der Waals surface area (Å²) in [5.41, 5.74) is 4.46. The zero-order valence-electron chi connectivity index (χ0n) is 19.6. The molecule has 0 aliphatic heterocycles. The summed E-state index contributed by atoms with van der Waals surface area (Å²) in [5, 5.41) is 4.41. The maximum Gasteiger partial charge on any atom is 0.244 e. The Hall–Kier alpha value is -3.63. The van der Waals surface area contributed by atoms with Crippen molar-refractivity contribution in [3.63, 3.8) is 0 Å². The number of sulfonamides is 1. The quantitative estimate of drug-likeness (QED) is 0.410. The maximum absolute atomic E-state index is 13.3. The van der Waals surface area contributed by atoms with Gasteiger partial charge in [-0.3, -0.25) is 0 Å². The Bertz CT molecular complexity index is 1460. The van der Waals surface area contributed by atoms with Crippen molar-refractivity contribution in [1.29, 1.82) is 0 Å². The summed E-state index contributed by atoms with van der Waals surface area (Å²) in [6.07, 6.45) is 1.68. The van der Waals surface area contributed by atoms with Gasteiger partial charge in [0.1, 0.15) is 22.1 Å². The van der Waals surface area contributed by atoms with Gasteiger partial charge in [-0.05, 0) is 55.8 Å². The monoisotopic (exact) mass is 482 g/mol. The average molecular weight is 483 g/mol. The number of benzene rings is 2. The van der Waals surface area contributed by atoms with Gasteiger partial charge in [-0.1, -0.05) is 6.07 Å². The first kappa shape index (κ1) is 23.5. The van der Waals surface area contributed by atoms with Crippen LogP contribution in [-0.2, 0) is 16.6 Å². The highest BCUT2D eigenvalue weighted by atomic mass is 32.2. The van der Waals surface area contributed by atoms with Gasteiger partial charge in [-0.15, -0.1) is 0 Å². The van der Waals surface area contributed by atoms with Crippen LogP contribution in [-0.4, -0.2) is 44.3 Å². The lowest BCUT2D eigenvalue weighted by Gasteiger charge is -2.14. The summed E-state index contributed by atoms with van der Waals surface area (Å²) in [6, 6.07) is 12.1. The maximum atomic E-state index is 13.3. The highest BCUT2D eigenvalue weighted by Crippen LogP contribution is 2.32. The number of fused-ring (bicyclic) bond motifs is 1. The van der Waals surface area contributed by atoms with E-state index in [0.717, 1.165) is 17.0 Å². The molecule has 0 spiro atoms. The lowest BCUT2D eigenvalue weighted by Crippen LogP contribution is -2.24. The van der Waals surface area contributed by atoms with E-state index in [1.54, 1.807) is 54.2 Å². The highest BCUT2D eigenvalue weighted by Gasteiger charge is 2.22. The van der Waals surface area contributed by atoms with E-state index in [9.17, 15) is 8.42 Å². The van der Waals surface area contributed by atoms with Crippen LogP contribution in [0.4, 0.5) is 0 Å². The molecule has 0 amide bonds. The van der Waals surface area contributed by atoms with Crippen LogP contribution < -0.4 is 18.9 Å². The molecular formula is C24H26N4O5S. The fourth-order valence-electron chi connectivity index (χ4n) is 3.80. The lowest BCUT2D eigenvalue weighted by molar-refractivity contribution is 0.397. The zero-order chi connectivity index (χ0) is 24.5. The summed E-state index contributed by atoms with van der Waals surface area (Å²) >= 11 is 0. The van der Waals surface area contributed by atoms with Crippen molar-refractivity contribution >= 4 is 15.7 Å². The van der Waals surface area contributed by atoms with Gasteiger partial charge in [0.05, 0.1) is 27.5 Å². The molecule has 9 nitrogen and oxygen atoms in total. The lowest BCUT2D eigenvalue weighted by atomic mass is 10.1. The van der Waals surface area contributed by atoms with Gasteiger partial charge in [-0.25, -0.2) is 22.6 Å². The molecule has 2 aromatic carbocycles. The smallest absolute Gasteiger partial charge is 0.244 e. The van der Waals surface area contributed by atoms with E-state index in [1.165, 1.54) is 14.2 Å². The van der Waals surface area contributed by atoms with Crippen LogP contribution >= 0.6 is 0 Å². The molecule has 178 valence electrons. The molecule has 10 heteroatoms. The van der Waals surface area contributed by atoms with Gasteiger partial charge < -0.3 is 14.2 Å². The molecule has 2 heterocycles. The van der Waals surface area contributed by atoms with Crippen LogP contribution in [0.5, 0.6) is 17.2 Å². The molecule has 34 heavy (non-hydrogen) atoms. The van der Waals surface area contributed by atoms with Crippen LogP contribution in [0.1, 0.15) is 17.0 Å². The Labute approximate surface area is 198 Å². The predicted octanol–water partition coefficient (Wildman–Crippen LogP) is 3.52. The summed E-state index contributed by atoms with van der Waals surface area (Å²) in [4.78, 5) is 4.61. The van der Waals surface area contributed by atoms with Gasteiger partial charge in [-0.2, -0.15) is 5.10 Å². The Balaban J connectivity index is 1.73. The molecule has 2 aromatic heterocycles. The summed E-state index contributed by atoms with van der Waals surface area (Å²) in [7, 11) is 0.559. The standard InChI is InChI=1S/C24H26N4O5S/c1-15-10-16(2)28-24(27-15)20(14-25-28)17-6-8-22(33-5)23(12-17)34(29,30)26-13-18-11-19(31-3)7-9-21(18)32-4/h6-12,14,26H,13H2,1-5H3. The molecule has 4 aromatic rings. The fourth-order valence-corrected chi connectivity index (χ4v) is 5.00. The number of aryl methyl sites for hydroxylation is 2. The first-order valence-corrected chi connectivity index (χ1v) is 12.0. The van der Waals surface area contributed by atoms with Crippen LogP contribution in [0.15, 0.2) is 53.6 Å². The molecule has 1 N–H and O–H groups in total. The fraction of sp³-hybridized carbons (Fsp3) is 0.250. The molecule has 0 aliphatic carbocycles. The third-order valence-corrected chi connectivity index (χ3v) is 6.90. The Morgan fingerprint density at radius 1 is 0.941 bits per heavy atom. The number of aromatic nitrogens is 3. The molecule has 0 bridgehead atoms. The topological polar surface area (TPSA) is 104 Å². The number of nitrogens with one attached hydrogen (secondary N) is 1. The summed E-state index contributed by atoms with van der Waals surface area (Å²) in [6.45, 7) is 3.86. The Morgan fingerprint density at radius 3 is 2.38 bits per heavy atom. The van der Waals surface area contributed by atoms with E-state index in [1.807, 2.05) is 19.9 Å². The van der Waals surface area contributed by atoms with Gasteiger partial charge >= 0.3 is 0 Å². The normalized spacial score (nSPS) is 11.6. The third-order valence-electron chi connectivity index (χ3n) is 5.48. The molecule has 0 atom stereocenters. The highest BCUT2D eigenvalue weighted by molar-refractivity contribution is 7.89. The largest absolute Gasteiger partial charge is 0.497 e. The molecular weight excluding hydrogens is 456 g/mol. The first-order chi connectivity index (χ1) is 16.3. The minimum absolute atomic E-state index is 0.00670. The van der Waals surface area contributed by atoms with Gasteiger partial charge in [0.2, 0.25) is 10.0 Å². The van der Waals surface area contributed by atoms with E-state index in [0.29, 0.717) is 28.3 Å². The van der Waals surface area contributed by atoms with Crippen molar-refractivity contribution in [3.05, 3.63) is 65.6 Å². The van der Waals surface area contributed by atoms with E-state index in [-0.39, 0.29) is 17.2 Å². The van der Waals surface area contributed by atoms with Crippen LogP contribution in [0.2, 0.25) is 0 Å². The van der Waals surface area contributed by atoms with Crippen molar-refractivity contribution in [2.45, 2.75) is 25.3 Å². The van der Waals surface area contributed by atoms with E-state index < -0.39 is 10.0 Å². The van der Waals surface area contributed by atoms with Crippen molar-refractivity contribution in [3.8, 4) is 28.4 Å². The number of methoxy groups -OCH3 is 3. The van der Waals surface area contributed by atoms with E-state index in [2.05, 4.69) is 14.8 Å².